The standard InChI is InChI=1S/C9H18N4S2/c1-3-14-5-4-6-15-9-12-11-8(7-10)13(9)2/h3-7,10H2,1-2H3. The number of nitrogens with two attached hydrogens (primary N) is 1. The number of hydrogen-bond donors (Lipinski definition) is 1. The molecule has 1 heterocycles. The number of thioether (sulfide) groups is 2. The maximum atomic E-state index is 5.52. The summed E-state index contributed by atoms with van der Waals surface area (Å²) < 4.78 is 1.97. The highest BCUT2D eigenvalue weighted by Gasteiger charge is 2.06. The van der Waals surface area contributed by atoms with Gasteiger partial charge in [0.05, 0.1) is 6.54 Å². The predicted molar refractivity (Wildman–Crippen MR) is 67.2 cm³/mol. The average molecular weight is 246 g/mol. The second-order valence-corrected chi connectivity index (χ2v) is 5.52. The minimum atomic E-state index is 0.454. The van der Waals surface area contributed by atoms with Crippen LogP contribution in [0, 0.1) is 0 Å². The molecule has 0 saturated carbocycles. The third kappa shape index (κ3) is 4.04. The monoisotopic (exact) mass is 246 g/mol. The first-order valence-electron chi connectivity index (χ1n) is 5.08. The fraction of sp³-hybridized carbons (Fsp3) is 0.778. The fourth-order valence-corrected chi connectivity index (χ4v) is 2.81. The van der Waals surface area contributed by atoms with Crippen LogP contribution in [0.4, 0.5) is 0 Å². The Kier molecular flexibility index (Phi) is 6.12. The van der Waals surface area contributed by atoms with Crippen LogP contribution in [0.2, 0.25) is 0 Å². The Bertz CT molecular complexity index is 288. The molecule has 1 aromatic rings. The summed E-state index contributed by atoms with van der Waals surface area (Å²) in [6.07, 6.45) is 1.22. The molecule has 4 nitrogen and oxygen atoms in total. The second-order valence-electron chi connectivity index (χ2n) is 3.06. The van der Waals surface area contributed by atoms with Crippen LogP contribution < -0.4 is 5.73 Å². The van der Waals surface area contributed by atoms with Crippen molar-refractivity contribution < 1.29 is 0 Å². The van der Waals surface area contributed by atoms with Crippen molar-refractivity contribution in [1.82, 2.24) is 14.8 Å². The normalized spacial score (nSPS) is 10.9. The Labute approximate surface area is 99.4 Å². The van der Waals surface area contributed by atoms with Crippen LogP contribution in [0.15, 0.2) is 5.16 Å². The van der Waals surface area contributed by atoms with Gasteiger partial charge in [-0.2, -0.15) is 11.8 Å². The third-order valence-corrected chi connectivity index (χ3v) is 4.07. The summed E-state index contributed by atoms with van der Waals surface area (Å²) in [5.74, 6) is 4.38. The Balaban J connectivity index is 2.28. The van der Waals surface area contributed by atoms with Crippen LogP contribution in [0.1, 0.15) is 19.2 Å². The molecule has 1 rings (SSSR count). The van der Waals surface area contributed by atoms with Crippen LogP contribution in [0.25, 0.3) is 0 Å². The quantitative estimate of drug-likeness (QED) is 0.584. The van der Waals surface area contributed by atoms with Crippen LogP contribution in [0.3, 0.4) is 0 Å². The molecule has 0 aromatic carbocycles. The van der Waals surface area contributed by atoms with Crippen molar-refractivity contribution in [3.05, 3.63) is 5.82 Å². The van der Waals surface area contributed by atoms with Gasteiger partial charge in [-0.1, -0.05) is 18.7 Å². The molecule has 86 valence electrons. The van der Waals surface area contributed by atoms with Gasteiger partial charge in [0.1, 0.15) is 5.82 Å². The molecule has 0 bridgehead atoms. The van der Waals surface area contributed by atoms with Crippen molar-refractivity contribution in [2.45, 2.75) is 25.0 Å². The summed E-state index contributed by atoms with van der Waals surface area (Å²) in [6.45, 7) is 2.64. The Morgan fingerprint density at radius 2 is 2.13 bits per heavy atom. The average Bonchev–Trinajstić information content (AvgIpc) is 2.60. The van der Waals surface area contributed by atoms with Gasteiger partial charge in [0.25, 0.3) is 0 Å². The molecule has 0 aliphatic rings. The molecule has 0 saturated heterocycles. The SMILES string of the molecule is CCSCCCSc1nnc(CN)n1C. The van der Waals surface area contributed by atoms with Gasteiger partial charge in [0.2, 0.25) is 0 Å². The lowest BCUT2D eigenvalue weighted by Gasteiger charge is -2.01. The molecule has 6 heteroatoms. The smallest absolute Gasteiger partial charge is 0.190 e. The van der Waals surface area contributed by atoms with Crippen molar-refractivity contribution in [3.8, 4) is 0 Å². The molecule has 15 heavy (non-hydrogen) atoms. The Morgan fingerprint density at radius 3 is 2.73 bits per heavy atom. The van der Waals surface area contributed by atoms with E-state index in [2.05, 4.69) is 17.1 Å². The fourth-order valence-electron chi connectivity index (χ4n) is 1.12. The number of aromatic nitrogens is 3. The van der Waals surface area contributed by atoms with Gasteiger partial charge in [-0.15, -0.1) is 10.2 Å². The highest BCUT2D eigenvalue weighted by atomic mass is 32.2. The lowest BCUT2D eigenvalue weighted by Crippen LogP contribution is -2.05. The molecule has 0 aliphatic carbocycles. The van der Waals surface area contributed by atoms with E-state index in [-0.39, 0.29) is 0 Å². The molecule has 0 spiro atoms. The van der Waals surface area contributed by atoms with E-state index >= 15 is 0 Å². The van der Waals surface area contributed by atoms with E-state index in [4.69, 9.17) is 5.73 Å². The third-order valence-electron chi connectivity index (χ3n) is 1.98. The summed E-state index contributed by atoms with van der Waals surface area (Å²) >= 11 is 3.74. The topological polar surface area (TPSA) is 56.7 Å². The first-order chi connectivity index (χ1) is 7.29. The van der Waals surface area contributed by atoms with Crippen LogP contribution in [0.5, 0.6) is 0 Å². The van der Waals surface area contributed by atoms with Gasteiger partial charge in [0.15, 0.2) is 5.16 Å². The second kappa shape index (κ2) is 7.14. The minimum absolute atomic E-state index is 0.454. The first kappa shape index (κ1) is 12.9. The molecule has 0 fully saturated rings. The van der Waals surface area contributed by atoms with E-state index < -0.39 is 0 Å². The van der Waals surface area contributed by atoms with Gasteiger partial charge < -0.3 is 10.3 Å². The van der Waals surface area contributed by atoms with Gasteiger partial charge in [-0.3, -0.25) is 0 Å². The number of hydrogen-bond acceptors (Lipinski definition) is 5. The maximum Gasteiger partial charge on any atom is 0.190 e. The molecule has 0 unspecified atom stereocenters. The zero-order chi connectivity index (χ0) is 11.1. The summed E-state index contributed by atoms with van der Waals surface area (Å²) in [4.78, 5) is 0. The van der Waals surface area contributed by atoms with Gasteiger partial charge in [-0.25, -0.2) is 0 Å². The van der Waals surface area contributed by atoms with Crippen LogP contribution >= 0.6 is 23.5 Å². The van der Waals surface area contributed by atoms with E-state index in [1.807, 2.05) is 23.4 Å². The predicted octanol–water partition coefficient (Wildman–Crippen LogP) is 1.51. The Morgan fingerprint density at radius 1 is 1.33 bits per heavy atom. The van der Waals surface area contributed by atoms with Crippen molar-refractivity contribution in [2.24, 2.45) is 12.8 Å². The van der Waals surface area contributed by atoms with E-state index in [1.54, 1.807) is 11.8 Å². The van der Waals surface area contributed by atoms with Gasteiger partial charge in [-0.05, 0) is 17.9 Å². The van der Waals surface area contributed by atoms with Crippen molar-refractivity contribution in [2.75, 3.05) is 17.3 Å². The minimum Gasteiger partial charge on any atom is -0.324 e. The largest absolute Gasteiger partial charge is 0.324 e. The van der Waals surface area contributed by atoms with E-state index in [0.29, 0.717) is 6.54 Å². The van der Waals surface area contributed by atoms with Crippen molar-refractivity contribution >= 4 is 23.5 Å². The Hall–Kier alpha value is -0.200. The van der Waals surface area contributed by atoms with Crippen LogP contribution in [-0.2, 0) is 13.6 Å². The lowest BCUT2D eigenvalue weighted by atomic mass is 10.6. The summed E-state index contributed by atoms with van der Waals surface area (Å²) in [5.41, 5.74) is 5.52. The highest BCUT2D eigenvalue weighted by Crippen LogP contribution is 2.17. The first-order valence-corrected chi connectivity index (χ1v) is 7.22. The number of nitrogens with zero attached hydrogens (tertiary/aromatic N) is 3. The molecule has 2 N–H and O–H groups in total. The summed E-state index contributed by atoms with van der Waals surface area (Å²) in [7, 11) is 1.96. The summed E-state index contributed by atoms with van der Waals surface area (Å²) in [6, 6.07) is 0. The molecule has 0 radical (unpaired) electrons. The highest BCUT2D eigenvalue weighted by molar-refractivity contribution is 8.00. The molecule has 0 aliphatic heterocycles. The molecule has 1 aromatic heterocycles. The van der Waals surface area contributed by atoms with Gasteiger partial charge >= 0.3 is 0 Å². The van der Waals surface area contributed by atoms with Crippen LogP contribution in [-0.4, -0.2) is 32.0 Å². The number of rotatable bonds is 7. The molecular formula is C9H18N4S2. The van der Waals surface area contributed by atoms with E-state index in [1.165, 1.54) is 17.9 Å². The zero-order valence-corrected chi connectivity index (χ0v) is 10.9. The van der Waals surface area contributed by atoms with E-state index in [0.717, 1.165) is 16.7 Å². The summed E-state index contributed by atoms with van der Waals surface area (Å²) in [5, 5.41) is 9.07. The maximum absolute atomic E-state index is 5.52. The van der Waals surface area contributed by atoms with Crippen molar-refractivity contribution in [1.29, 1.82) is 0 Å². The van der Waals surface area contributed by atoms with Crippen molar-refractivity contribution in [3.63, 3.8) is 0 Å². The van der Waals surface area contributed by atoms with Gasteiger partial charge in [0, 0.05) is 12.8 Å². The lowest BCUT2D eigenvalue weighted by molar-refractivity contribution is 0.734. The molecular weight excluding hydrogens is 228 g/mol. The molecule has 0 atom stereocenters. The zero-order valence-electron chi connectivity index (χ0n) is 9.27. The molecule has 0 amide bonds. The van der Waals surface area contributed by atoms with E-state index in [9.17, 15) is 0 Å².